The zero-order valence-corrected chi connectivity index (χ0v) is 18.1. The maximum Gasteiger partial charge on any atom is 0.321 e. The van der Waals surface area contributed by atoms with Gasteiger partial charge in [0.1, 0.15) is 11.3 Å². The lowest BCUT2D eigenvalue weighted by molar-refractivity contribution is -0.147. The summed E-state index contributed by atoms with van der Waals surface area (Å²) in [5, 5.41) is 6.17. The standard InChI is InChI=1S/C24H28N2O6/c1-30-18-2-3-19-17(12-31-20(19)8-18)7-22(28)32-13-21(27)25-23(29)26-24-9-14-4-15(10-24)6-16(5-14)11-24/h2-3,8,12,14-16H,4-7,9-11,13H2,1H3,(H2,25,26,27,29). The third kappa shape index (κ3) is 4.18. The molecule has 2 aromatic rings. The fraction of sp³-hybridized carbons (Fsp3) is 0.542. The van der Waals surface area contributed by atoms with Gasteiger partial charge >= 0.3 is 12.0 Å². The van der Waals surface area contributed by atoms with E-state index in [0.717, 1.165) is 24.6 Å². The number of nitrogens with one attached hydrogen (secondary N) is 2. The van der Waals surface area contributed by atoms with Gasteiger partial charge in [0.25, 0.3) is 5.91 Å². The average Bonchev–Trinajstić information content (AvgIpc) is 3.12. The summed E-state index contributed by atoms with van der Waals surface area (Å²) < 4.78 is 15.7. The number of fused-ring (bicyclic) bond motifs is 1. The fourth-order valence-electron chi connectivity index (χ4n) is 6.38. The molecule has 4 bridgehead atoms. The van der Waals surface area contributed by atoms with Crippen LogP contribution in [0.4, 0.5) is 4.79 Å². The Balaban J connectivity index is 1.10. The Labute approximate surface area is 186 Å². The summed E-state index contributed by atoms with van der Waals surface area (Å²) in [6, 6.07) is 4.83. The van der Waals surface area contributed by atoms with Crippen molar-refractivity contribution in [3.63, 3.8) is 0 Å². The van der Waals surface area contributed by atoms with Crippen molar-refractivity contribution < 1.29 is 28.3 Å². The van der Waals surface area contributed by atoms with Crippen LogP contribution < -0.4 is 15.4 Å². The highest BCUT2D eigenvalue weighted by Crippen LogP contribution is 2.55. The number of ether oxygens (including phenoxy) is 2. The maximum absolute atomic E-state index is 12.4. The lowest BCUT2D eigenvalue weighted by Crippen LogP contribution is -2.62. The Hall–Kier alpha value is -3.03. The zero-order chi connectivity index (χ0) is 22.3. The molecule has 0 aliphatic heterocycles. The third-order valence-electron chi connectivity index (χ3n) is 7.23. The van der Waals surface area contributed by atoms with Crippen molar-refractivity contribution in [2.24, 2.45) is 17.8 Å². The van der Waals surface area contributed by atoms with Crippen LogP contribution >= 0.6 is 0 Å². The molecule has 1 heterocycles. The Morgan fingerprint density at radius 3 is 2.44 bits per heavy atom. The number of methoxy groups -OCH3 is 1. The molecule has 1 aromatic carbocycles. The first-order valence-corrected chi connectivity index (χ1v) is 11.2. The van der Waals surface area contributed by atoms with Crippen LogP contribution in [-0.2, 0) is 20.7 Å². The summed E-state index contributed by atoms with van der Waals surface area (Å²) in [6.07, 6.45) is 8.28. The van der Waals surface area contributed by atoms with E-state index in [-0.39, 0.29) is 12.0 Å². The molecule has 2 N–H and O–H groups in total. The first-order chi connectivity index (χ1) is 15.4. The number of amides is 3. The predicted molar refractivity (Wildman–Crippen MR) is 115 cm³/mol. The van der Waals surface area contributed by atoms with E-state index >= 15 is 0 Å². The van der Waals surface area contributed by atoms with Gasteiger partial charge in [-0.25, -0.2) is 4.79 Å². The fourth-order valence-corrected chi connectivity index (χ4v) is 6.38. The molecule has 32 heavy (non-hydrogen) atoms. The number of esters is 1. The van der Waals surface area contributed by atoms with Crippen molar-refractivity contribution in [3.8, 4) is 5.75 Å². The Morgan fingerprint density at radius 1 is 1.09 bits per heavy atom. The number of furan rings is 1. The number of rotatable bonds is 6. The molecule has 6 rings (SSSR count). The van der Waals surface area contributed by atoms with E-state index in [2.05, 4.69) is 10.6 Å². The second-order valence-electron chi connectivity index (χ2n) is 9.66. The summed E-state index contributed by atoms with van der Waals surface area (Å²) >= 11 is 0. The second kappa shape index (κ2) is 8.15. The highest BCUT2D eigenvalue weighted by molar-refractivity contribution is 5.96. The van der Waals surface area contributed by atoms with Gasteiger partial charge in [0.2, 0.25) is 0 Å². The first kappa shape index (κ1) is 20.8. The van der Waals surface area contributed by atoms with Crippen molar-refractivity contribution in [2.45, 2.75) is 50.5 Å². The minimum absolute atomic E-state index is 0.0356. The molecule has 170 valence electrons. The molecule has 8 nitrogen and oxygen atoms in total. The highest BCUT2D eigenvalue weighted by Gasteiger charge is 2.51. The van der Waals surface area contributed by atoms with E-state index in [4.69, 9.17) is 13.9 Å². The minimum Gasteiger partial charge on any atom is -0.497 e. The Kier molecular flexibility index (Phi) is 5.31. The summed E-state index contributed by atoms with van der Waals surface area (Å²) in [7, 11) is 1.57. The molecule has 4 aliphatic rings. The molecule has 3 amide bonds. The molecule has 0 unspecified atom stereocenters. The van der Waals surface area contributed by atoms with Gasteiger partial charge < -0.3 is 19.2 Å². The largest absolute Gasteiger partial charge is 0.497 e. The van der Waals surface area contributed by atoms with Crippen molar-refractivity contribution in [2.75, 3.05) is 13.7 Å². The molecule has 0 atom stereocenters. The monoisotopic (exact) mass is 440 g/mol. The van der Waals surface area contributed by atoms with Crippen LogP contribution in [0.2, 0.25) is 0 Å². The quantitative estimate of drug-likeness (QED) is 0.668. The topological polar surface area (TPSA) is 107 Å². The van der Waals surface area contributed by atoms with Crippen LogP contribution in [0, 0.1) is 17.8 Å². The SMILES string of the molecule is COc1ccc2c(CC(=O)OCC(=O)NC(=O)NC34CC5CC(CC(C5)C3)C4)coc2c1. The number of imide groups is 1. The van der Waals surface area contributed by atoms with Gasteiger partial charge in [-0.1, -0.05) is 0 Å². The van der Waals surface area contributed by atoms with Crippen LogP contribution in [-0.4, -0.2) is 37.2 Å². The van der Waals surface area contributed by atoms with E-state index in [1.807, 2.05) is 6.07 Å². The van der Waals surface area contributed by atoms with E-state index in [9.17, 15) is 14.4 Å². The molecule has 4 saturated carbocycles. The zero-order valence-electron chi connectivity index (χ0n) is 18.1. The molecule has 4 aliphatic carbocycles. The number of carbonyl (C=O) groups is 3. The predicted octanol–water partition coefficient (Wildman–Crippen LogP) is 3.32. The number of carbonyl (C=O) groups excluding carboxylic acids is 3. The van der Waals surface area contributed by atoms with Gasteiger partial charge in [0.15, 0.2) is 6.61 Å². The Bertz CT molecular complexity index is 1020. The average molecular weight is 440 g/mol. The Morgan fingerprint density at radius 2 is 1.78 bits per heavy atom. The molecule has 4 fully saturated rings. The molecular weight excluding hydrogens is 412 g/mol. The van der Waals surface area contributed by atoms with Crippen LogP contribution in [0.25, 0.3) is 11.0 Å². The third-order valence-corrected chi connectivity index (χ3v) is 7.23. The molecule has 0 spiro atoms. The van der Waals surface area contributed by atoms with E-state index in [1.165, 1.54) is 25.5 Å². The molecule has 0 saturated heterocycles. The van der Waals surface area contributed by atoms with Crippen molar-refractivity contribution >= 4 is 28.9 Å². The summed E-state index contributed by atoms with van der Waals surface area (Å²) in [5.74, 6) is 1.53. The number of urea groups is 1. The van der Waals surface area contributed by atoms with Crippen molar-refractivity contribution in [1.82, 2.24) is 10.6 Å². The minimum atomic E-state index is -0.637. The highest BCUT2D eigenvalue weighted by atomic mass is 16.5. The number of hydrogen-bond acceptors (Lipinski definition) is 6. The molecule has 0 radical (unpaired) electrons. The van der Waals surface area contributed by atoms with E-state index in [1.54, 1.807) is 19.2 Å². The lowest BCUT2D eigenvalue weighted by Gasteiger charge is -2.56. The normalized spacial score (nSPS) is 27.8. The maximum atomic E-state index is 12.4. The van der Waals surface area contributed by atoms with Crippen molar-refractivity contribution in [1.29, 1.82) is 0 Å². The van der Waals surface area contributed by atoms with Gasteiger partial charge in [-0.15, -0.1) is 0 Å². The van der Waals surface area contributed by atoms with Crippen LogP contribution in [0.3, 0.4) is 0 Å². The van der Waals surface area contributed by atoms with Crippen LogP contribution in [0.1, 0.15) is 44.1 Å². The molecular formula is C24H28N2O6. The second-order valence-corrected chi connectivity index (χ2v) is 9.66. The summed E-state index contributed by atoms with van der Waals surface area (Å²) in [4.78, 5) is 36.8. The van der Waals surface area contributed by atoms with Gasteiger partial charge in [-0.3, -0.25) is 14.9 Å². The van der Waals surface area contributed by atoms with Gasteiger partial charge in [-0.2, -0.15) is 0 Å². The first-order valence-electron chi connectivity index (χ1n) is 11.2. The van der Waals surface area contributed by atoms with Crippen molar-refractivity contribution in [3.05, 3.63) is 30.0 Å². The summed E-state index contributed by atoms with van der Waals surface area (Å²) in [6.45, 7) is -0.503. The molecule has 8 heteroatoms. The smallest absolute Gasteiger partial charge is 0.321 e. The van der Waals surface area contributed by atoms with E-state index < -0.39 is 24.5 Å². The van der Waals surface area contributed by atoms with Crippen LogP contribution in [0.5, 0.6) is 5.75 Å². The summed E-state index contributed by atoms with van der Waals surface area (Å²) in [5.41, 5.74) is 1.08. The molecule has 1 aromatic heterocycles. The number of hydrogen-bond donors (Lipinski definition) is 2. The van der Waals surface area contributed by atoms with Gasteiger partial charge in [0.05, 0.1) is 19.8 Å². The van der Waals surface area contributed by atoms with Gasteiger partial charge in [0, 0.05) is 22.6 Å². The van der Waals surface area contributed by atoms with Gasteiger partial charge in [-0.05, 0) is 68.4 Å². The number of benzene rings is 1. The lowest BCUT2D eigenvalue weighted by atomic mass is 9.53. The van der Waals surface area contributed by atoms with E-state index in [0.29, 0.717) is 34.6 Å². The van der Waals surface area contributed by atoms with Crippen LogP contribution in [0.15, 0.2) is 28.9 Å².